The summed E-state index contributed by atoms with van der Waals surface area (Å²) in [5.74, 6) is -0.316. The van der Waals surface area contributed by atoms with Gasteiger partial charge in [-0.05, 0) is 43.7 Å². The first kappa shape index (κ1) is 16.2. The molecule has 1 aromatic carbocycles. The molecule has 1 aliphatic rings. The van der Waals surface area contributed by atoms with Gasteiger partial charge < -0.3 is 14.4 Å². The van der Waals surface area contributed by atoms with Gasteiger partial charge >= 0.3 is 5.97 Å². The first-order valence-corrected chi connectivity index (χ1v) is 8.07. The van der Waals surface area contributed by atoms with Gasteiger partial charge in [0.05, 0.1) is 11.3 Å². The number of likely N-dealkylation sites (tertiary alicyclic amines) is 1. The summed E-state index contributed by atoms with van der Waals surface area (Å²) in [5.41, 5.74) is 1.84. The third kappa shape index (κ3) is 3.32. The van der Waals surface area contributed by atoms with Crippen molar-refractivity contribution in [3.05, 3.63) is 53.2 Å². The molecule has 1 fully saturated rings. The van der Waals surface area contributed by atoms with Crippen molar-refractivity contribution in [3.8, 4) is 0 Å². The van der Waals surface area contributed by atoms with Crippen LogP contribution in [-0.2, 0) is 6.42 Å². The Morgan fingerprint density at radius 1 is 1.29 bits per heavy atom. The molecule has 1 aliphatic heterocycles. The third-order valence-electron chi connectivity index (χ3n) is 4.60. The van der Waals surface area contributed by atoms with Crippen LogP contribution in [0.3, 0.4) is 0 Å². The van der Waals surface area contributed by atoms with Crippen LogP contribution in [0, 0.1) is 12.8 Å². The number of carbonyl (C=O) groups excluding carboxylic acids is 1. The number of carbonyl (C=O) groups is 2. The maximum Gasteiger partial charge on any atom is 0.335 e. The molecule has 2 heterocycles. The Morgan fingerprint density at radius 3 is 2.62 bits per heavy atom. The maximum absolute atomic E-state index is 12.4. The number of carboxylic acids is 1. The lowest BCUT2D eigenvalue weighted by atomic mass is 9.88. The number of benzene rings is 1. The highest BCUT2D eigenvalue weighted by Gasteiger charge is 2.27. The number of aryl methyl sites for hydroxylation is 1. The van der Waals surface area contributed by atoms with E-state index in [4.69, 9.17) is 4.42 Å². The number of carboxylic acid groups (broad SMARTS) is 1. The standard InChI is InChI=1S/C18H20N2O4/c1-12-16(24-11-19-12)17(21)20-8-6-13(7-9-20)10-14-4-2-3-5-15(14)18(22)23/h2-5,11,13H,6-10H2,1H3,(H,22,23). The normalized spacial score (nSPS) is 15.5. The van der Waals surface area contributed by atoms with Crippen LogP contribution in [0.15, 0.2) is 35.1 Å². The van der Waals surface area contributed by atoms with Crippen LogP contribution in [0.5, 0.6) is 0 Å². The number of aromatic nitrogens is 1. The van der Waals surface area contributed by atoms with Crippen LogP contribution in [0.4, 0.5) is 0 Å². The molecule has 1 amide bonds. The average molecular weight is 328 g/mol. The predicted molar refractivity (Wildman–Crippen MR) is 87.0 cm³/mol. The Morgan fingerprint density at radius 2 is 2.00 bits per heavy atom. The van der Waals surface area contributed by atoms with Gasteiger partial charge in [0, 0.05) is 13.1 Å². The molecular weight excluding hydrogens is 308 g/mol. The summed E-state index contributed by atoms with van der Waals surface area (Å²) in [4.78, 5) is 29.4. The molecule has 1 N–H and O–H groups in total. The molecule has 1 aromatic heterocycles. The minimum absolute atomic E-state index is 0.116. The van der Waals surface area contributed by atoms with Gasteiger partial charge in [-0.25, -0.2) is 9.78 Å². The van der Waals surface area contributed by atoms with E-state index in [1.54, 1.807) is 24.0 Å². The third-order valence-corrected chi connectivity index (χ3v) is 4.60. The van der Waals surface area contributed by atoms with Gasteiger partial charge in [-0.15, -0.1) is 0 Å². The fraction of sp³-hybridized carbons (Fsp3) is 0.389. The molecule has 0 atom stereocenters. The van der Waals surface area contributed by atoms with Crippen molar-refractivity contribution < 1.29 is 19.1 Å². The number of hydrogen-bond acceptors (Lipinski definition) is 4. The number of hydrogen-bond donors (Lipinski definition) is 1. The lowest BCUT2D eigenvalue weighted by Crippen LogP contribution is -2.39. The topological polar surface area (TPSA) is 83.6 Å². The van der Waals surface area contributed by atoms with Crippen molar-refractivity contribution in [3.63, 3.8) is 0 Å². The van der Waals surface area contributed by atoms with E-state index < -0.39 is 5.97 Å². The van der Waals surface area contributed by atoms with E-state index >= 15 is 0 Å². The molecular formula is C18H20N2O4. The lowest BCUT2D eigenvalue weighted by Gasteiger charge is -2.31. The monoisotopic (exact) mass is 328 g/mol. The largest absolute Gasteiger partial charge is 0.478 e. The van der Waals surface area contributed by atoms with Crippen molar-refractivity contribution >= 4 is 11.9 Å². The highest BCUT2D eigenvalue weighted by Crippen LogP contribution is 2.24. The summed E-state index contributed by atoms with van der Waals surface area (Å²) < 4.78 is 5.18. The number of aromatic carboxylic acids is 1. The predicted octanol–water partition coefficient (Wildman–Crippen LogP) is 2.78. The van der Waals surface area contributed by atoms with Gasteiger partial charge in [0.2, 0.25) is 5.76 Å². The minimum atomic E-state index is -0.890. The Balaban J connectivity index is 1.61. The Hall–Kier alpha value is -2.63. The minimum Gasteiger partial charge on any atom is -0.478 e. The van der Waals surface area contributed by atoms with E-state index in [-0.39, 0.29) is 5.91 Å². The van der Waals surface area contributed by atoms with Crippen LogP contribution in [0.25, 0.3) is 0 Å². The van der Waals surface area contributed by atoms with Gasteiger partial charge in [-0.2, -0.15) is 0 Å². The van der Waals surface area contributed by atoms with Crippen molar-refractivity contribution in [2.75, 3.05) is 13.1 Å². The number of rotatable bonds is 4. The van der Waals surface area contributed by atoms with Gasteiger partial charge in [0.15, 0.2) is 6.39 Å². The van der Waals surface area contributed by atoms with Gasteiger partial charge in [-0.1, -0.05) is 18.2 Å². The Kier molecular flexibility index (Phi) is 4.64. The highest BCUT2D eigenvalue weighted by molar-refractivity contribution is 5.92. The van der Waals surface area contributed by atoms with Crippen molar-refractivity contribution in [1.82, 2.24) is 9.88 Å². The van der Waals surface area contributed by atoms with E-state index in [1.807, 2.05) is 12.1 Å². The summed E-state index contributed by atoms with van der Waals surface area (Å²) in [6.07, 6.45) is 3.73. The highest BCUT2D eigenvalue weighted by atomic mass is 16.4. The van der Waals surface area contributed by atoms with E-state index in [0.717, 1.165) is 24.8 Å². The maximum atomic E-state index is 12.4. The zero-order chi connectivity index (χ0) is 17.1. The quantitative estimate of drug-likeness (QED) is 0.933. The van der Waals surface area contributed by atoms with Gasteiger partial charge in [0.25, 0.3) is 5.91 Å². The molecule has 0 bridgehead atoms. The van der Waals surface area contributed by atoms with E-state index in [1.165, 1.54) is 6.39 Å². The van der Waals surface area contributed by atoms with E-state index in [9.17, 15) is 14.7 Å². The molecule has 0 unspecified atom stereocenters. The van der Waals surface area contributed by atoms with Crippen LogP contribution < -0.4 is 0 Å². The van der Waals surface area contributed by atoms with Crippen LogP contribution in [-0.4, -0.2) is 40.0 Å². The molecule has 0 aliphatic carbocycles. The van der Waals surface area contributed by atoms with Crippen molar-refractivity contribution in [1.29, 1.82) is 0 Å². The summed E-state index contributed by atoms with van der Waals surface area (Å²) in [6.45, 7) is 3.06. The van der Waals surface area contributed by atoms with Gasteiger partial charge in [-0.3, -0.25) is 4.79 Å². The molecule has 6 heteroatoms. The van der Waals surface area contributed by atoms with E-state index in [2.05, 4.69) is 4.98 Å². The number of piperidine rings is 1. The second-order valence-electron chi connectivity index (χ2n) is 6.17. The molecule has 0 spiro atoms. The molecule has 2 aromatic rings. The lowest BCUT2D eigenvalue weighted by molar-refractivity contribution is 0.0657. The zero-order valence-corrected chi connectivity index (χ0v) is 13.6. The van der Waals surface area contributed by atoms with Crippen LogP contribution >= 0.6 is 0 Å². The molecule has 0 radical (unpaired) electrons. The summed E-state index contributed by atoms with van der Waals surface area (Å²) >= 11 is 0. The fourth-order valence-corrected chi connectivity index (χ4v) is 3.21. The number of oxazole rings is 1. The average Bonchev–Trinajstić information content (AvgIpc) is 3.01. The SMILES string of the molecule is Cc1ncoc1C(=O)N1CCC(Cc2ccccc2C(=O)O)CC1. The molecule has 3 rings (SSSR count). The molecule has 24 heavy (non-hydrogen) atoms. The number of amides is 1. The Bertz CT molecular complexity index is 745. The molecule has 1 saturated heterocycles. The molecule has 0 saturated carbocycles. The Labute approximate surface area is 140 Å². The summed E-state index contributed by atoms with van der Waals surface area (Å²) in [5, 5.41) is 9.27. The first-order chi connectivity index (χ1) is 11.6. The fourth-order valence-electron chi connectivity index (χ4n) is 3.21. The molecule has 6 nitrogen and oxygen atoms in total. The van der Waals surface area contributed by atoms with Crippen LogP contribution in [0.1, 0.15) is 45.0 Å². The first-order valence-electron chi connectivity index (χ1n) is 8.07. The van der Waals surface area contributed by atoms with Gasteiger partial charge in [0.1, 0.15) is 0 Å². The second kappa shape index (κ2) is 6.86. The smallest absolute Gasteiger partial charge is 0.335 e. The molecule has 126 valence electrons. The zero-order valence-electron chi connectivity index (χ0n) is 13.6. The van der Waals surface area contributed by atoms with E-state index in [0.29, 0.717) is 36.0 Å². The summed E-state index contributed by atoms with van der Waals surface area (Å²) in [6, 6.07) is 7.13. The number of nitrogens with zero attached hydrogens (tertiary/aromatic N) is 2. The van der Waals surface area contributed by atoms with Crippen molar-refractivity contribution in [2.24, 2.45) is 5.92 Å². The van der Waals surface area contributed by atoms with Crippen LogP contribution in [0.2, 0.25) is 0 Å². The second-order valence-corrected chi connectivity index (χ2v) is 6.17. The summed E-state index contributed by atoms with van der Waals surface area (Å²) in [7, 11) is 0. The van der Waals surface area contributed by atoms with Crippen molar-refractivity contribution in [2.45, 2.75) is 26.2 Å².